The third-order valence-corrected chi connectivity index (χ3v) is 2.18. The second-order valence-electron chi connectivity index (χ2n) is 3.42. The van der Waals surface area contributed by atoms with Gasteiger partial charge >= 0.3 is 0 Å². The highest BCUT2D eigenvalue weighted by Crippen LogP contribution is 2.12. The summed E-state index contributed by atoms with van der Waals surface area (Å²) in [5.74, 6) is 8.39. The molecule has 1 atom stereocenters. The van der Waals surface area contributed by atoms with Crippen molar-refractivity contribution in [1.29, 1.82) is 0 Å². The van der Waals surface area contributed by atoms with Gasteiger partial charge < -0.3 is 0 Å². The number of nitrogens with one attached hydrogen (secondary N) is 1. The van der Waals surface area contributed by atoms with Gasteiger partial charge in [0.2, 0.25) is 0 Å². The van der Waals surface area contributed by atoms with Crippen LogP contribution >= 0.6 is 0 Å². The van der Waals surface area contributed by atoms with Gasteiger partial charge in [0, 0.05) is 0 Å². The van der Waals surface area contributed by atoms with Crippen molar-refractivity contribution in [2.75, 3.05) is 6.54 Å². The molecule has 0 radical (unpaired) electrons. The number of terminal acetylenes is 1. The first kappa shape index (κ1) is 12.1. The Kier molecular flexibility index (Phi) is 4.93. The predicted molar refractivity (Wildman–Crippen MR) is 68.7 cm³/mol. The Morgan fingerprint density at radius 1 is 1.44 bits per heavy atom. The average molecular weight is 209 g/mol. The number of aryl methyl sites for hydroxylation is 1. The molecule has 1 N–H and O–H groups in total. The minimum atomic E-state index is -0.0836. The molecule has 1 aromatic rings. The van der Waals surface area contributed by atoms with Crippen LogP contribution in [0.15, 0.2) is 36.9 Å². The van der Waals surface area contributed by atoms with E-state index in [1.165, 1.54) is 5.56 Å². The fraction of sp³-hybridized carbons (Fsp3) is 0.200. The molecule has 0 bridgehead atoms. The molecule has 16 heavy (non-hydrogen) atoms. The zero-order chi connectivity index (χ0) is 11.8. The van der Waals surface area contributed by atoms with Crippen LogP contribution in [0.5, 0.6) is 0 Å². The van der Waals surface area contributed by atoms with Crippen LogP contribution in [0, 0.1) is 31.1 Å². The zero-order valence-corrected chi connectivity index (χ0v) is 9.46. The van der Waals surface area contributed by atoms with Crippen molar-refractivity contribution in [3.63, 3.8) is 0 Å². The van der Waals surface area contributed by atoms with Crippen LogP contribution in [-0.4, -0.2) is 6.54 Å². The summed E-state index contributed by atoms with van der Waals surface area (Å²) in [5, 5.41) is 3.18. The van der Waals surface area contributed by atoms with Crippen LogP contribution in [0.3, 0.4) is 0 Å². The molecule has 0 aromatic heterocycles. The van der Waals surface area contributed by atoms with Crippen molar-refractivity contribution in [3.8, 4) is 24.2 Å². The third-order valence-electron chi connectivity index (χ3n) is 2.18. The minimum absolute atomic E-state index is 0.0836. The van der Waals surface area contributed by atoms with Crippen LogP contribution < -0.4 is 5.32 Å². The van der Waals surface area contributed by atoms with Gasteiger partial charge in [-0.05, 0) is 18.6 Å². The average Bonchev–Trinajstić information content (AvgIpc) is 2.31. The second-order valence-corrected chi connectivity index (χ2v) is 3.42. The number of hydrogen-bond donors (Lipinski definition) is 1. The van der Waals surface area contributed by atoms with E-state index in [1.807, 2.05) is 12.1 Å². The molecule has 0 amide bonds. The van der Waals surface area contributed by atoms with Gasteiger partial charge in [-0.15, -0.1) is 6.42 Å². The molecule has 0 heterocycles. The van der Waals surface area contributed by atoms with Crippen molar-refractivity contribution < 1.29 is 0 Å². The molecule has 1 aromatic carbocycles. The molecule has 1 heteroatoms. The maximum absolute atomic E-state index is 5.48. The van der Waals surface area contributed by atoms with Gasteiger partial charge in [0.05, 0.1) is 12.6 Å². The quantitative estimate of drug-likeness (QED) is 0.754. The van der Waals surface area contributed by atoms with E-state index in [1.54, 1.807) is 6.08 Å². The molecule has 80 valence electrons. The summed E-state index contributed by atoms with van der Waals surface area (Å²) in [6.45, 7) is 6.14. The van der Waals surface area contributed by atoms with Crippen LogP contribution in [0.2, 0.25) is 0 Å². The van der Waals surface area contributed by atoms with E-state index in [-0.39, 0.29) is 6.04 Å². The van der Waals surface area contributed by atoms with Crippen molar-refractivity contribution in [3.05, 3.63) is 48.0 Å². The highest BCUT2D eigenvalue weighted by molar-refractivity contribution is 5.29. The molecule has 1 rings (SSSR count). The summed E-state index contributed by atoms with van der Waals surface area (Å²) >= 11 is 0. The number of rotatable bonds is 3. The summed E-state index contributed by atoms with van der Waals surface area (Å²) < 4.78 is 0. The Morgan fingerprint density at radius 2 is 2.12 bits per heavy atom. The lowest BCUT2D eigenvalue weighted by molar-refractivity contribution is 0.698. The Bertz CT molecular complexity index is 437. The summed E-state index contributed by atoms with van der Waals surface area (Å²) in [4.78, 5) is 0. The molecular formula is C15H15N. The van der Waals surface area contributed by atoms with E-state index in [9.17, 15) is 0 Å². The lowest BCUT2D eigenvalue weighted by Crippen LogP contribution is -2.20. The lowest BCUT2D eigenvalue weighted by Gasteiger charge is -2.11. The SMILES string of the molecule is C#CC(NCC#CC=C)c1ccc(C)cc1. The molecule has 1 unspecified atom stereocenters. The molecule has 0 aliphatic carbocycles. The number of benzene rings is 1. The Balaban J connectivity index is 2.65. The first-order valence-electron chi connectivity index (χ1n) is 5.13. The maximum atomic E-state index is 5.48. The smallest absolute Gasteiger partial charge is 0.0950 e. The van der Waals surface area contributed by atoms with Crippen LogP contribution in [0.1, 0.15) is 17.2 Å². The van der Waals surface area contributed by atoms with Gasteiger partial charge in [0.1, 0.15) is 0 Å². The van der Waals surface area contributed by atoms with E-state index < -0.39 is 0 Å². The topological polar surface area (TPSA) is 12.0 Å². The lowest BCUT2D eigenvalue weighted by atomic mass is 10.1. The minimum Gasteiger partial charge on any atom is -0.289 e. The Hall–Kier alpha value is -1.96. The van der Waals surface area contributed by atoms with Gasteiger partial charge in [-0.1, -0.05) is 54.2 Å². The normalized spacial score (nSPS) is 10.8. The van der Waals surface area contributed by atoms with Crippen LogP contribution in [0.4, 0.5) is 0 Å². The molecule has 0 fully saturated rings. The first-order chi connectivity index (χ1) is 7.77. The van der Waals surface area contributed by atoms with Gasteiger partial charge in [-0.2, -0.15) is 0 Å². The molecule has 0 aliphatic heterocycles. The standard InChI is InChI=1S/C15H15N/c1-4-6-7-12-16-15(5-2)14-10-8-13(3)9-11-14/h2,4,8-11,15-16H,1,12H2,3H3. The highest BCUT2D eigenvalue weighted by atomic mass is 14.9. The molecule has 0 saturated carbocycles. The van der Waals surface area contributed by atoms with Gasteiger partial charge in [0.15, 0.2) is 0 Å². The largest absolute Gasteiger partial charge is 0.289 e. The van der Waals surface area contributed by atoms with E-state index in [0.717, 1.165) is 5.56 Å². The second kappa shape index (κ2) is 6.51. The molecule has 0 spiro atoms. The predicted octanol–water partition coefficient (Wildman–Crippen LogP) is 2.45. The third kappa shape index (κ3) is 3.65. The zero-order valence-electron chi connectivity index (χ0n) is 9.46. The molecule has 0 saturated heterocycles. The first-order valence-corrected chi connectivity index (χ1v) is 5.13. The van der Waals surface area contributed by atoms with E-state index >= 15 is 0 Å². The molecule has 0 aliphatic rings. The van der Waals surface area contributed by atoms with Crippen molar-refractivity contribution in [2.45, 2.75) is 13.0 Å². The molecular weight excluding hydrogens is 194 g/mol. The van der Waals surface area contributed by atoms with Crippen molar-refractivity contribution >= 4 is 0 Å². The Morgan fingerprint density at radius 3 is 2.69 bits per heavy atom. The summed E-state index contributed by atoms with van der Waals surface area (Å²) in [6.07, 6.45) is 7.04. The maximum Gasteiger partial charge on any atom is 0.0950 e. The van der Waals surface area contributed by atoms with Gasteiger partial charge in [-0.3, -0.25) is 5.32 Å². The van der Waals surface area contributed by atoms with E-state index in [4.69, 9.17) is 6.42 Å². The summed E-state index contributed by atoms with van der Waals surface area (Å²) in [6, 6.07) is 8.09. The highest BCUT2D eigenvalue weighted by Gasteiger charge is 2.05. The fourth-order valence-corrected chi connectivity index (χ4v) is 1.31. The molecule has 1 nitrogen and oxygen atoms in total. The van der Waals surface area contributed by atoms with E-state index in [0.29, 0.717) is 6.54 Å². The van der Waals surface area contributed by atoms with Crippen molar-refractivity contribution in [2.24, 2.45) is 0 Å². The number of hydrogen-bond acceptors (Lipinski definition) is 1. The van der Waals surface area contributed by atoms with E-state index in [2.05, 4.69) is 48.7 Å². The van der Waals surface area contributed by atoms with Gasteiger partial charge in [0.25, 0.3) is 0 Å². The fourth-order valence-electron chi connectivity index (χ4n) is 1.31. The summed E-state index contributed by atoms with van der Waals surface area (Å²) in [5.41, 5.74) is 2.32. The Labute approximate surface area is 97.6 Å². The van der Waals surface area contributed by atoms with Gasteiger partial charge in [-0.25, -0.2) is 0 Å². The summed E-state index contributed by atoms with van der Waals surface area (Å²) in [7, 11) is 0. The number of allylic oxidation sites excluding steroid dienone is 1. The van der Waals surface area contributed by atoms with Crippen LogP contribution in [0.25, 0.3) is 0 Å². The van der Waals surface area contributed by atoms with Crippen LogP contribution in [-0.2, 0) is 0 Å². The monoisotopic (exact) mass is 209 g/mol. The van der Waals surface area contributed by atoms with Crippen molar-refractivity contribution in [1.82, 2.24) is 5.32 Å².